The predicted octanol–water partition coefficient (Wildman–Crippen LogP) is 1.95. The first-order valence-corrected chi connectivity index (χ1v) is 7.17. The van der Waals surface area contributed by atoms with Crippen LogP contribution in [0.15, 0.2) is 24.3 Å². The van der Waals surface area contributed by atoms with Crippen LogP contribution < -0.4 is 4.74 Å². The van der Waals surface area contributed by atoms with E-state index in [1.807, 2.05) is 25.1 Å². The fourth-order valence-electron chi connectivity index (χ4n) is 2.79. The van der Waals surface area contributed by atoms with Gasteiger partial charge in [-0.2, -0.15) is 0 Å². The molecule has 1 N–H and O–H groups in total. The summed E-state index contributed by atoms with van der Waals surface area (Å²) in [5.74, 6) is -0.0850. The van der Waals surface area contributed by atoms with E-state index in [0.717, 1.165) is 12.0 Å². The number of para-hydroxylation sites is 1. The molecule has 2 atom stereocenters. The second kappa shape index (κ2) is 6.61. The van der Waals surface area contributed by atoms with Crippen molar-refractivity contribution < 1.29 is 19.4 Å². The number of methoxy groups -OCH3 is 1. The Balaban J connectivity index is 2.13. The van der Waals surface area contributed by atoms with Crippen LogP contribution in [0.5, 0.6) is 5.75 Å². The minimum Gasteiger partial charge on any atom is -0.496 e. The van der Waals surface area contributed by atoms with Crippen LogP contribution in [-0.4, -0.2) is 41.6 Å². The summed E-state index contributed by atoms with van der Waals surface area (Å²) in [5.41, 5.74) is 0.785. The summed E-state index contributed by atoms with van der Waals surface area (Å²) in [4.78, 5) is 25.3. The van der Waals surface area contributed by atoms with E-state index in [1.54, 1.807) is 13.2 Å². The maximum Gasteiger partial charge on any atom is 0.326 e. The van der Waals surface area contributed by atoms with Gasteiger partial charge in [-0.1, -0.05) is 25.1 Å². The first kappa shape index (κ1) is 15.4. The molecule has 1 aromatic carbocycles. The molecule has 1 heterocycles. The van der Waals surface area contributed by atoms with Crippen molar-refractivity contribution in [3.63, 3.8) is 0 Å². The van der Waals surface area contributed by atoms with Crippen LogP contribution in [0.2, 0.25) is 0 Å². The van der Waals surface area contributed by atoms with Crippen LogP contribution in [-0.2, 0) is 16.0 Å². The summed E-state index contributed by atoms with van der Waals surface area (Å²) in [6, 6.07) is 6.61. The summed E-state index contributed by atoms with van der Waals surface area (Å²) in [6.45, 7) is 2.53. The molecule has 2 unspecified atom stereocenters. The number of likely N-dealkylation sites (tertiary alicyclic amines) is 1. The molecule has 2 rings (SSSR count). The number of carbonyl (C=O) groups is 2. The molecular weight excluding hydrogens is 270 g/mol. The molecule has 0 radical (unpaired) electrons. The summed E-state index contributed by atoms with van der Waals surface area (Å²) < 4.78 is 5.24. The van der Waals surface area contributed by atoms with Crippen molar-refractivity contribution in [1.29, 1.82) is 0 Å². The van der Waals surface area contributed by atoms with Crippen molar-refractivity contribution in [2.45, 2.75) is 32.2 Å². The summed E-state index contributed by atoms with van der Waals surface area (Å²) in [6.07, 6.45) is 1.54. The third-order valence-electron chi connectivity index (χ3n) is 4.00. The van der Waals surface area contributed by atoms with Crippen molar-refractivity contribution in [1.82, 2.24) is 4.90 Å². The number of piperidine rings is 1. The molecule has 1 aliphatic heterocycles. The van der Waals surface area contributed by atoms with Gasteiger partial charge in [0.1, 0.15) is 11.8 Å². The van der Waals surface area contributed by atoms with Gasteiger partial charge in [0, 0.05) is 12.1 Å². The van der Waals surface area contributed by atoms with Gasteiger partial charge in [0.15, 0.2) is 0 Å². The van der Waals surface area contributed by atoms with E-state index in [1.165, 1.54) is 4.90 Å². The Morgan fingerprint density at radius 3 is 2.76 bits per heavy atom. The minimum atomic E-state index is -0.921. The number of aliphatic carboxylic acids is 1. The van der Waals surface area contributed by atoms with E-state index in [-0.39, 0.29) is 12.3 Å². The Kier molecular flexibility index (Phi) is 4.83. The van der Waals surface area contributed by atoms with Gasteiger partial charge in [-0.3, -0.25) is 4.79 Å². The summed E-state index contributed by atoms with van der Waals surface area (Å²) in [7, 11) is 1.56. The number of rotatable bonds is 4. The molecule has 0 aliphatic carbocycles. The van der Waals surface area contributed by atoms with E-state index in [0.29, 0.717) is 24.6 Å². The van der Waals surface area contributed by atoms with E-state index >= 15 is 0 Å². The topological polar surface area (TPSA) is 66.8 Å². The molecule has 21 heavy (non-hydrogen) atoms. The predicted molar refractivity (Wildman–Crippen MR) is 78.2 cm³/mol. The number of benzene rings is 1. The monoisotopic (exact) mass is 291 g/mol. The van der Waals surface area contributed by atoms with Gasteiger partial charge < -0.3 is 14.7 Å². The molecule has 1 aliphatic rings. The van der Waals surface area contributed by atoms with Gasteiger partial charge in [0.25, 0.3) is 0 Å². The fraction of sp³-hybridized carbons (Fsp3) is 0.500. The third-order valence-corrected chi connectivity index (χ3v) is 4.00. The number of amides is 1. The van der Waals surface area contributed by atoms with E-state index < -0.39 is 12.0 Å². The van der Waals surface area contributed by atoms with E-state index in [2.05, 4.69) is 0 Å². The summed E-state index contributed by atoms with van der Waals surface area (Å²) in [5, 5.41) is 9.32. The lowest BCUT2D eigenvalue weighted by atomic mass is 9.92. The molecule has 1 amide bonds. The van der Waals surface area contributed by atoms with Crippen LogP contribution in [0.4, 0.5) is 0 Å². The number of carboxylic acids is 1. The highest BCUT2D eigenvalue weighted by Crippen LogP contribution is 2.25. The highest BCUT2D eigenvalue weighted by molar-refractivity contribution is 5.85. The van der Waals surface area contributed by atoms with E-state index in [4.69, 9.17) is 4.74 Å². The van der Waals surface area contributed by atoms with Gasteiger partial charge >= 0.3 is 5.97 Å². The standard InChI is InChI=1S/C16H21NO4/c1-11-7-8-17(13(9-11)16(19)20)15(18)10-12-5-3-4-6-14(12)21-2/h3-6,11,13H,7-10H2,1-2H3,(H,19,20). The number of hydrogen-bond donors (Lipinski definition) is 1. The Hall–Kier alpha value is -2.04. The number of nitrogens with zero attached hydrogens (tertiary/aromatic N) is 1. The third kappa shape index (κ3) is 3.54. The zero-order valence-electron chi connectivity index (χ0n) is 12.4. The summed E-state index contributed by atoms with van der Waals surface area (Å²) >= 11 is 0. The maximum atomic E-state index is 12.5. The molecule has 5 heteroatoms. The van der Waals surface area contributed by atoms with Gasteiger partial charge in [0.2, 0.25) is 5.91 Å². The van der Waals surface area contributed by atoms with Gasteiger partial charge in [0.05, 0.1) is 13.5 Å². The fourth-order valence-corrected chi connectivity index (χ4v) is 2.79. The number of carbonyl (C=O) groups excluding carboxylic acids is 1. The molecule has 5 nitrogen and oxygen atoms in total. The Morgan fingerprint density at radius 1 is 1.38 bits per heavy atom. The van der Waals surface area contributed by atoms with Crippen molar-refractivity contribution in [2.24, 2.45) is 5.92 Å². The minimum absolute atomic E-state index is 0.154. The van der Waals surface area contributed by atoms with Crippen LogP contribution >= 0.6 is 0 Å². The average Bonchev–Trinajstić information content (AvgIpc) is 2.47. The molecule has 0 aromatic heterocycles. The number of hydrogen-bond acceptors (Lipinski definition) is 3. The van der Waals surface area contributed by atoms with Crippen LogP contribution in [0.3, 0.4) is 0 Å². The quantitative estimate of drug-likeness (QED) is 0.920. The molecular formula is C16H21NO4. The van der Waals surface area contributed by atoms with E-state index in [9.17, 15) is 14.7 Å². The average molecular weight is 291 g/mol. The molecule has 0 spiro atoms. The molecule has 1 fully saturated rings. The lowest BCUT2D eigenvalue weighted by Crippen LogP contribution is -2.50. The Morgan fingerprint density at radius 2 is 2.10 bits per heavy atom. The van der Waals surface area contributed by atoms with Gasteiger partial charge in [-0.15, -0.1) is 0 Å². The number of carboxylic acid groups (broad SMARTS) is 1. The van der Waals surface area contributed by atoms with Crippen molar-refractivity contribution in [2.75, 3.05) is 13.7 Å². The van der Waals surface area contributed by atoms with Crippen LogP contribution in [0, 0.1) is 5.92 Å². The maximum absolute atomic E-state index is 12.5. The first-order chi connectivity index (χ1) is 10.0. The van der Waals surface area contributed by atoms with Crippen molar-refractivity contribution in [3.05, 3.63) is 29.8 Å². The molecule has 1 aromatic rings. The van der Waals surface area contributed by atoms with Gasteiger partial charge in [-0.25, -0.2) is 4.79 Å². The molecule has 0 saturated carbocycles. The second-order valence-electron chi connectivity index (χ2n) is 5.56. The zero-order valence-corrected chi connectivity index (χ0v) is 12.4. The number of ether oxygens (including phenoxy) is 1. The van der Waals surface area contributed by atoms with Gasteiger partial charge in [-0.05, 0) is 24.8 Å². The lowest BCUT2D eigenvalue weighted by Gasteiger charge is -2.36. The zero-order chi connectivity index (χ0) is 15.4. The Bertz CT molecular complexity index is 529. The normalized spacial score (nSPS) is 21.9. The molecule has 1 saturated heterocycles. The van der Waals surface area contributed by atoms with Crippen LogP contribution in [0.1, 0.15) is 25.3 Å². The second-order valence-corrected chi connectivity index (χ2v) is 5.56. The highest BCUT2D eigenvalue weighted by atomic mass is 16.5. The molecule has 114 valence electrons. The Labute approximate surface area is 124 Å². The first-order valence-electron chi connectivity index (χ1n) is 7.17. The highest BCUT2D eigenvalue weighted by Gasteiger charge is 2.34. The van der Waals surface area contributed by atoms with Crippen LogP contribution in [0.25, 0.3) is 0 Å². The SMILES string of the molecule is COc1ccccc1CC(=O)N1CCC(C)CC1C(=O)O. The smallest absolute Gasteiger partial charge is 0.326 e. The van der Waals surface area contributed by atoms with Crippen molar-refractivity contribution >= 4 is 11.9 Å². The molecule has 0 bridgehead atoms. The van der Waals surface area contributed by atoms with Crippen molar-refractivity contribution in [3.8, 4) is 5.75 Å². The largest absolute Gasteiger partial charge is 0.496 e. The lowest BCUT2D eigenvalue weighted by molar-refractivity contribution is -0.152.